The molecule has 0 bridgehead atoms. The third-order valence-corrected chi connectivity index (χ3v) is 3.26. The van der Waals surface area contributed by atoms with Crippen LogP contribution in [0.1, 0.15) is 33.3 Å². The number of ether oxygens (including phenoxy) is 3. The SMILES string of the molecule is COCC(C)NCCOc1ccc(OC)cc1C(C)(C)C. The van der Waals surface area contributed by atoms with Crippen LogP contribution in [0.5, 0.6) is 11.5 Å². The Kier molecular flexibility index (Phi) is 6.99. The lowest BCUT2D eigenvalue weighted by Crippen LogP contribution is -2.33. The normalized spacial score (nSPS) is 13.0. The third kappa shape index (κ3) is 5.94. The zero-order valence-corrected chi connectivity index (χ0v) is 14.2. The molecule has 0 amide bonds. The van der Waals surface area contributed by atoms with Crippen molar-refractivity contribution in [1.82, 2.24) is 5.32 Å². The van der Waals surface area contributed by atoms with Crippen molar-refractivity contribution in [3.63, 3.8) is 0 Å². The molecule has 0 saturated heterocycles. The molecule has 0 fully saturated rings. The first-order valence-corrected chi connectivity index (χ1v) is 7.42. The molecule has 0 aliphatic heterocycles. The van der Waals surface area contributed by atoms with Crippen molar-refractivity contribution >= 4 is 0 Å². The molecule has 4 nitrogen and oxygen atoms in total. The van der Waals surface area contributed by atoms with Gasteiger partial charge in [0.2, 0.25) is 0 Å². The first kappa shape index (κ1) is 17.8. The Hall–Kier alpha value is -1.26. The summed E-state index contributed by atoms with van der Waals surface area (Å²) in [6.07, 6.45) is 0. The van der Waals surface area contributed by atoms with Crippen LogP contribution in [-0.4, -0.2) is 40.0 Å². The highest BCUT2D eigenvalue weighted by Crippen LogP contribution is 2.34. The van der Waals surface area contributed by atoms with Gasteiger partial charge in [-0.3, -0.25) is 0 Å². The van der Waals surface area contributed by atoms with Gasteiger partial charge >= 0.3 is 0 Å². The molecule has 0 aliphatic rings. The van der Waals surface area contributed by atoms with Gasteiger partial charge in [-0.15, -0.1) is 0 Å². The fourth-order valence-electron chi connectivity index (χ4n) is 2.12. The Labute approximate surface area is 128 Å². The predicted octanol–water partition coefficient (Wildman–Crippen LogP) is 3.00. The first-order chi connectivity index (χ1) is 9.88. The van der Waals surface area contributed by atoms with E-state index in [1.165, 1.54) is 0 Å². The monoisotopic (exact) mass is 295 g/mol. The maximum atomic E-state index is 5.93. The lowest BCUT2D eigenvalue weighted by Gasteiger charge is -2.23. The summed E-state index contributed by atoms with van der Waals surface area (Å²) in [7, 11) is 3.39. The van der Waals surface area contributed by atoms with Crippen LogP contribution < -0.4 is 14.8 Å². The Balaban J connectivity index is 2.62. The average molecular weight is 295 g/mol. The molecule has 1 atom stereocenters. The maximum Gasteiger partial charge on any atom is 0.123 e. The van der Waals surface area contributed by atoms with Gasteiger partial charge in [-0.2, -0.15) is 0 Å². The fraction of sp³-hybridized carbons (Fsp3) is 0.647. The summed E-state index contributed by atoms with van der Waals surface area (Å²) < 4.78 is 16.3. The van der Waals surface area contributed by atoms with E-state index in [0.29, 0.717) is 19.3 Å². The molecule has 1 aromatic carbocycles. The van der Waals surface area contributed by atoms with E-state index in [4.69, 9.17) is 14.2 Å². The molecule has 1 aromatic rings. The van der Waals surface area contributed by atoms with Crippen LogP contribution in [0.3, 0.4) is 0 Å². The first-order valence-electron chi connectivity index (χ1n) is 7.42. The van der Waals surface area contributed by atoms with Crippen LogP contribution in [-0.2, 0) is 10.2 Å². The van der Waals surface area contributed by atoms with Crippen molar-refractivity contribution in [3.8, 4) is 11.5 Å². The molecule has 1 unspecified atom stereocenters. The molecule has 0 heterocycles. The second-order valence-corrected chi connectivity index (χ2v) is 6.27. The molecular formula is C17H29NO3. The lowest BCUT2D eigenvalue weighted by molar-refractivity contribution is 0.169. The standard InChI is InChI=1S/C17H29NO3/c1-13(12-19-5)18-9-10-21-16-8-7-14(20-6)11-15(16)17(2,3)4/h7-8,11,13,18H,9-10,12H2,1-6H3. The minimum Gasteiger partial charge on any atom is -0.497 e. The van der Waals surface area contributed by atoms with E-state index in [0.717, 1.165) is 23.6 Å². The van der Waals surface area contributed by atoms with Gasteiger partial charge in [-0.25, -0.2) is 0 Å². The molecule has 21 heavy (non-hydrogen) atoms. The Morgan fingerprint density at radius 3 is 2.48 bits per heavy atom. The lowest BCUT2D eigenvalue weighted by atomic mass is 9.86. The van der Waals surface area contributed by atoms with E-state index in [2.05, 4.69) is 39.1 Å². The van der Waals surface area contributed by atoms with Crippen LogP contribution in [0.2, 0.25) is 0 Å². The highest BCUT2D eigenvalue weighted by atomic mass is 16.5. The van der Waals surface area contributed by atoms with Gasteiger partial charge in [-0.05, 0) is 30.5 Å². The van der Waals surface area contributed by atoms with Crippen LogP contribution in [0.25, 0.3) is 0 Å². The summed E-state index contributed by atoms with van der Waals surface area (Å²) in [6, 6.07) is 6.30. The van der Waals surface area contributed by atoms with Crippen LogP contribution in [0, 0.1) is 0 Å². The van der Waals surface area contributed by atoms with Gasteiger partial charge in [0.05, 0.1) is 13.7 Å². The molecule has 0 spiro atoms. The van der Waals surface area contributed by atoms with E-state index >= 15 is 0 Å². The van der Waals surface area contributed by atoms with Crippen molar-refractivity contribution in [2.45, 2.75) is 39.2 Å². The Bertz CT molecular complexity index is 427. The number of hydrogen-bond acceptors (Lipinski definition) is 4. The van der Waals surface area contributed by atoms with E-state index in [-0.39, 0.29) is 5.41 Å². The highest BCUT2D eigenvalue weighted by molar-refractivity contribution is 5.44. The molecule has 0 saturated carbocycles. The van der Waals surface area contributed by atoms with Crippen molar-refractivity contribution in [3.05, 3.63) is 23.8 Å². The highest BCUT2D eigenvalue weighted by Gasteiger charge is 2.20. The molecular weight excluding hydrogens is 266 g/mol. The van der Waals surface area contributed by atoms with Gasteiger partial charge in [-0.1, -0.05) is 20.8 Å². The fourth-order valence-corrected chi connectivity index (χ4v) is 2.12. The number of hydrogen-bond donors (Lipinski definition) is 1. The van der Waals surface area contributed by atoms with Gasteiger partial charge in [0.15, 0.2) is 0 Å². The summed E-state index contributed by atoms with van der Waals surface area (Å²) in [5.74, 6) is 1.78. The number of methoxy groups -OCH3 is 2. The largest absolute Gasteiger partial charge is 0.497 e. The maximum absolute atomic E-state index is 5.93. The Morgan fingerprint density at radius 2 is 1.90 bits per heavy atom. The zero-order valence-electron chi connectivity index (χ0n) is 14.2. The summed E-state index contributed by atoms with van der Waals surface area (Å²) in [5, 5.41) is 3.36. The number of nitrogens with one attached hydrogen (secondary N) is 1. The quantitative estimate of drug-likeness (QED) is 0.748. The van der Waals surface area contributed by atoms with Crippen LogP contribution in [0.4, 0.5) is 0 Å². The van der Waals surface area contributed by atoms with Crippen LogP contribution >= 0.6 is 0 Å². The van der Waals surface area contributed by atoms with Gasteiger partial charge < -0.3 is 19.5 Å². The Morgan fingerprint density at radius 1 is 1.19 bits per heavy atom. The van der Waals surface area contributed by atoms with E-state index in [9.17, 15) is 0 Å². The average Bonchev–Trinajstić information content (AvgIpc) is 2.43. The van der Waals surface area contributed by atoms with Crippen molar-refractivity contribution in [2.24, 2.45) is 0 Å². The van der Waals surface area contributed by atoms with E-state index < -0.39 is 0 Å². The zero-order chi connectivity index (χ0) is 15.9. The molecule has 0 aliphatic carbocycles. The van der Waals surface area contributed by atoms with Gasteiger partial charge in [0.1, 0.15) is 18.1 Å². The summed E-state index contributed by atoms with van der Waals surface area (Å²) in [6.45, 7) is 10.7. The van der Waals surface area contributed by atoms with Crippen molar-refractivity contribution < 1.29 is 14.2 Å². The summed E-state index contributed by atoms with van der Waals surface area (Å²) >= 11 is 0. The number of benzene rings is 1. The van der Waals surface area contributed by atoms with Crippen LogP contribution in [0.15, 0.2) is 18.2 Å². The second kappa shape index (κ2) is 8.25. The predicted molar refractivity (Wildman–Crippen MR) is 86.5 cm³/mol. The molecule has 120 valence electrons. The summed E-state index contributed by atoms with van der Waals surface area (Å²) in [4.78, 5) is 0. The van der Waals surface area contributed by atoms with E-state index in [1.54, 1.807) is 14.2 Å². The summed E-state index contributed by atoms with van der Waals surface area (Å²) in [5.41, 5.74) is 1.17. The van der Waals surface area contributed by atoms with Gasteiger partial charge in [0.25, 0.3) is 0 Å². The molecule has 4 heteroatoms. The topological polar surface area (TPSA) is 39.7 Å². The molecule has 1 rings (SSSR count). The molecule has 0 radical (unpaired) electrons. The van der Waals surface area contributed by atoms with E-state index in [1.807, 2.05) is 12.1 Å². The van der Waals surface area contributed by atoms with Crippen molar-refractivity contribution in [1.29, 1.82) is 0 Å². The van der Waals surface area contributed by atoms with Gasteiger partial charge in [0, 0.05) is 25.3 Å². The third-order valence-electron chi connectivity index (χ3n) is 3.26. The molecule has 0 aromatic heterocycles. The minimum absolute atomic E-state index is 0.0145. The minimum atomic E-state index is 0.0145. The number of rotatable bonds is 8. The smallest absolute Gasteiger partial charge is 0.123 e. The molecule has 1 N–H and O–H groups in total. The van der Waals surface area contributed by atoms with Crippen molar-refractivity contribution in [2.75, 3.05) is 34.0 Å². The second-order valence-electron chi connectivity index (χ2n) is 6.27.